The first-order chi connectivity index (χ1) is 5.46. The Hall–Kier alpha value is -1.10. The summed E-state index contributed by atoms with van der Waals surface area (Å²) in [7, 11) is 0. The molecule has 0 spiro atoms. The number of hydrogen-bond acceptors (Lipinski definition) is 3. The molecular formula is C7H11NO4. The SMILES string of the molecule is C[C@@H]1[C@@H](C(=O)O)[C@@H]1[C@@H](N)C(=O)O. The second-order valence-corrected chi connectivity index (χ2v) is 3.16. The number of carboxylic acids is 2. The van der Waals surface area contributed by atoms with Gasteiger partial charge in [-0.15, -0.1) is 0 Å². The standard InChI is InChI=1S/C7H11NO4/c1-2-3(4(2)6(9)10)5(8)7(11)12/h2-5H,8H2,1H3,(H,9,10)(H,11,12)/t2-,3+,4+,5+/m0/s1. The molecule has 0 bridgehead atoms. The molecule has 12 heavy (non-hydrogen) atoms. The number of carboxylic acid groups (broad SMARTS) is 2. The summed E-state index contributed by atoms with van der Waals surface area (Å²) < 4.78 is 0. The molecule has 0 aromatic rings. The maximum Gasteiger partial charge on any atom is 0.320 e. The molecule has 0 aromatic carbocycles. The van der Waals surface area contributed by atoms with Gasteiger partial charge in [-0.25, -0.2) is 0 Å². The van der Waals surface area contributed by atoms with Crippen LogP contribution in [-0.2, 0) is 9.59 Å². The van der Waals surface area contributed by atoms with Gasteiger partial charge in [-0.3, -0.25) is 9.59 Å². The van der Waals surface area contributed by atoms with Crippen molar-refractivity contribution in [3.63, 3.8) is 0 Å². The highest BCUT2D eigenvalue weighted by molar-refractivity contribution is 5.80. The van der Waals surface area contributed by atoms with Gasteiger partial charge in [0.15, 0.2) is 0 Å². The second-order valence-electron chi connectivity index (χ2n) is 3.16. The first-order valence-corrected chi connectivity index (χ1v) is 3.68. The molecule has 0 unspecified atom stereocenters. The summed E-state index contributed by atoms with van der Waals surface area (Å²) in [4.78, 5) is 20.8. The number of nitrogens with two attached hydrogens (primary N) is 1. The minimum atomic E-state index is -1.13. The third-order valence-electron chi connectivity index (χ3n) is 2.43. The third-order valence-corrected chi connectivity index (χ3v) is 2.43. The van der Waals surface area contributed by atoms with Crippen molar-refractivity contribution < 1.29 is 19.8 Å². The molecule has 1 fully saturated rings. The molecule has 1 rings (SSSR count). The van der Waals surface area contributed by atoms with Crippen molar-refractivity contribution in [1.82, 2.24) is 0 Å². The molecule has 4 N–H and O–H groups in total. The number of hydrogen-bond donors (Lipinski definition) is 3. The van der Waals surface area contributed by atoms with E-state index in [1.165, 1.54) is 0 Å². The Morgan fingerprint density at radius 1 is 1.42 bits per heavy atom. The summed E-state index contributed by atoms with van der Waals surface area (Å²) in [5, 5.41) is 17.1. The van der Waals surface area contributed by atoms with Crippen LogP contribution in [0.2, 0.25) is 0 Å². The Kier molecular flexibility index (Phi) is 2.06. The Labute approximate surface area is 69.2 Å². The van der Waals surface area contributed by atoms with Crippen LogP contribution in [0.3, 0.4) is 0 Å². The van der Waals surface area contributed by atoms with E-state index in [-0.39, 0.29) is 5.92 Å². The zero-order valence-electron chi connectivity index (χ0n) is 6.60. The van der Waals surface area contributed by atoms with Crippen LogP contribution >= 0.6 is 0 Å². The minimum absolute atomic E-state index is 0.117. The number of carbonyl (C=O) groups is 2. The van der Waals surface area contributed by atoms with Crippen LogP contribution < -0.4 is 5.73 Å². The fourth-order valence-electron chi connectivity index (χ4n) is 1.60. The van der Waals surface area contributed by atoms with Crippen LogP contribution in [0.15, 0.2) is 0 Å². The first-order valence-electron chi connectivity index (χ1n) is 3.68. The molecule has 1 aliphatic rings. The van der Waals surface area contributed by atoms with Gasteiger partial charge < -0.3 is 15.9 Å². The largest absolute Gasteiger partial charge is 0.481 e. The molecule has 1 aliphatic carbocycles. The van der Waals surface area contributed by atoms with Gasteiger partial charge >= 0.3 is 11.9 Å². The molecule has 1 saturated carbocycles. The van der Waals surface area contributed by atoms with Gasteiger partial charge in [0.1, 0.15) is 6.04 Å². The zero-order chi connectivity index (χ0) is 9.46. The number of aliphatic carboxylic acids is 2. The van der Waals surface area contributed by atoms with Crippen LogP contribution in [0, 0.1) is 17.8 Å². The fourth-order valence-corrected chi connectivity index (χ4v) is 1.60. The van der Waals surface area contributed by atoms with Crippen molar-refractivity contribution in [3.8, 4) is 0 Å². The Morgan fingerprint density at radius 2 is 1.92 bits per heavy atom. The summed E-state index contributed by atoms with van der Waals surface area (Å²) in [5.41, 5.74) is 5.28. The van der Waals surface area contributed by atoms with E-state index in [2.05, 4.69) is 0 Å². The van der Waals surface area contributed by atoms with Gasteiger partial charge in [-0.2, -0.15) is 0 Å². The summed E-state index contributed by atoms with van der Waals surface area (Å²) in [5.74, 6) is -3.18. The summed E-state index contributed by atoms with van der Waals surface area (Å²) in [6.45, 7) is 1.70. The molecule has 0 aromatic heterocycles. The molecule has 5 heteroatoms. The Morgan fingerprint density at radius 3 is 2.17 bits per heavy atom. The third kappa shape index (κ3) is 1.27. The van der Waals surface area contributed by atoms with Gasteiger partial charge in [0.05, 0.1) is 5.92 Å². The summed E-state index contributed by atoms with van der Waals surface area (Å²) in [6, 6.07) is -1.04. The lowest BCUT2D eigenvalue weighted by Gasteiger charge is -2.02. The molecule has 0 aliphatic heterocycles. The van der Waals surface area contributed by atoms with E-state index < -0.39 is 29.8 Å². The van der Waals surface area contributed by atoms with E-state index in [9.17, 15) is 9.59 Å². The maximum absolute atomic E-state index is 10.5. The van der Waals surface area contributed by atoms with Crippen LogP contribution in [0.5, 0.6) is 0 Å². The lowest BCUT2D eigenvalue weighted by atomic mass is 10.1. The highest BCUT2D eigenvalue weighted by Gasteiger charge is 2.56. The van der Waals surface area contributed by atoms with Crippen LogP contribution in [0.25, 0.3) is 0 Å². The van der Waals surface area contributed by atoms with Gasteiger partial charge in [-0.1, -0.05) is 6.92 Å². The van der Waals surface area contributed by atoms with E-state index in [0.29, 0.717) is 0 Å². The van der Waals surface area contributed by atoms with Gasteiger partial charge in [0.2, 0.25) is 0 Å². The predicted molar refractivity (Wildman–Crippen MR) is 39.4 cm³/mol. The van der Waals surface area contributed by atoms with Crippen molar-refractivity contribution in [2.75, 3.05) is 0 Å². The topological polar surface area (TPSA) is 101 Å². The molecular weight excluding hydrogens is 162 g/mol. The van der Waals surface area contributed by atoms with Crippen LogP contribution in [0.4, 0.5) is 0 Å². The van der Waals surface area contributed by atoms with Crippen LogP contribution in [0.1, 0.15) is 6.92 Å². The fraction of sp³-hybridized carbons (Fsp3) is 0.714. The summed E-state index contributed by atoms with van der Waals surface area (Å²) >= 11 is 0. The minimum Gasteiger partial charge on any atom is -0.481 e. The number of rotatable bonds is 3. The molecule has 68 valence electrons. The zero-order valence-corrected chi connectivity index (χ0v) is 6.60. The van der Waals surface area contributed by atoms with Gasteiger partial charge in [0, 0.05) is 5.92 Å². The van der Waals surface area contributed by atoms with Crippen molar-refractivity contribution >= 4 is 11.9 Å². The molecule has 5 nitrogen and oxygen atoms in total. The summed E-state index contributed by atoms with van der Waals surface area (Å²) in [6.07, 6.45) is 0. The van der Waals surface area contributed by atoms with E-state index in [4.69, 9.17) is 15.9 Å². The first kappa shape index (κ1) is 8.99. The predicted octanol–water partition coefficient (Wildman–Crippen LogP) is -0.635. The lowest BCUT2D eigenvalue weighted by molar-refractivity contribution is -0.140. The molecule has 0 amide bonds. The smallest absolute Gasteiger partial charge is 0.320 e. The van der Waals surface area contributed by atoms with Crippen molar-refractivity contribution in [2.45, 2.75) is 13.0 Å². The highest BCUT2D eigenvalue weighted by atomic mass is 16.4. The second kappa shape index (κ2) is 2.75. The normalized spacial score (nSPS) is 35.7. The van der Waals surface area contributed by atoms with E-state index >= 15 is 0 Å². The monoisotopic (exact) mass is 173 g/mol. The average molecular weight is 173 g/mol. The van der Waals surface area contributed by atoms with Crippen molar-refractivity contribution in [3.05, 3.63) is 0 Å². The quantitative estimate of drug-likeness (QED) is 0.527. The van der Waals surface area contributed by atoms with Crippen molar-refractivity contribution in [2.24, 2.45) is 23.5 Å². The average Bonchev–Trinajstić information content (AvgIpc) is 2.59. The molecule has 0 heterocycles. The highest BCUT2D eigenvalue weighted by Crippen LogP contribution is 2.47. The van der Waals surface area contributed by atoms with E-state index in [1.54, 1.807) is 6.92 Å². The Balaban J connectivity index is 2.58. The van der Waals surface area contributed by atoms with E-state index in [1.807, 2.05) is 0 Å². The van der Waals surface area contributed by atoms with Crippen molar-refractivity contribution in [1.29, 1.82) is 0 Å². The lowest BCUT2D eigenvalue weighted by Crippen LogP contribution is -2.33. The molecule has 0 radical (unpaired) electrons. The molecule has 4 atom stereocenters. The van der Waals surface area contributed by atoms with Crippen LogP contribution in [-0.4, -0.2) is 28.2 Å². The maximum atomic E-state index is 10.5. The Bertz CT molecular complexity index is 211. The van der Waals surface area contributed by atoms with Gasteiger partial charge in [0.25, 0.3) is 0 Å². The molecule has 0 saturated heterocycles. The van der Waals surface area contributed by atoms with Gasteiger partial charge in [-0.05, 0) is 5.92 Å². The van der Waals surface area contributed by atoms with E-state index in [0.717, 1.165) is 0 Å².